The number of methoxy groups -OCH3 is 1. The SMILES string of the molecule is COC(=O)C(CCO)OCCCC(=O)O. The lowest BCUT2D eigenvalue weighted by Gasteiger charge is -2.13. The molecular weight excluding hydrogens is 204 g/mol. The predicted molar refractivity (Wildman–Crippen MR) is 50.3 cm³/mol. The standard InChI is InChI=1S/C9H16O6/c1-14-9(13)7(4-5-10)15-6-2-3-8(11)12/h7,10H,2-6H2,1H3,(H,11,12). The molecule has 0 radical (unpaired) electrons. The summed E-state index contributed by atoms with van der Waals surface area (Å²) >= 11 is 0. The summed E-state index contributed by atoms with van der Waals surface area (Å²) in [4.78, 5) is 21.2. The summed E-state index contributed by atoms with van der Waals surface area (Å²) < 4.78 is 9.54. The Kier molecular flexibility index (Phi) is 7.57. The smallest absolute Gasteiger partial charge is 0.335 e. The van der Waals surface area contributed by atoms with Crippen LogP contribution in [0.5, 0.6) is 0 Å². The molecule has 0 rings (SSSR count). The van der Waals surface area contributed by atoms with Gasteiger partial charge in [-0.25, -0.2) is 4.79 Å². The highest BCUT2D eigenvalue weighted by Gasteiger charge is 2.18. The molecule has 0 heterocycles. The third-order valence-electron chi connectivity index (χ3n) is 1.71. The molecule has 88 valence electrons. The summed E-state index contributed by atoms with van der Waals surface area (Å²) in [6.07, 6.45) is -0.338. The Morgan fingerprint density at radius 2 is 2.07 bits per heavy atom. The number of hydrogen-bond acceptors (Lipinski definition) is 5. The zero-order valence-corrected chi connectivity index (χ0v) is 8.64. The van der Waals surface area contributed by atoms with Gasteiger partial charge in [0, 0.05) is 26.1 Å². The first kappa shape index (κ1) is 13.9. The zero-order valence-electron chi connectivity index (χ0n) is 8.64. The Morgan fingerprint density at radius 1 is 1.40 bits per heavy atom. The number of aliphatic hydroxyl groups is 1. The fourth-order valence-corrected chi connectivity index (χ4v) is 0.967. The van der Waals surface area contributed by atoms with Gasteiger partial charge in [0.2, 0.25) is 0 Å². The molecule has 0 fully saturated rings. The maximum absolute atomic E-state index is 11.1. The minimum absolute atomic E-state index is 0.00693. The average Bonchev–Trinajstić information content (AvgIpc) is 2.21. The fourth-order valence-electron chi connectivity index (χ4n) is 0.967. The molecule has 15 heavy (non-hydrogen) atoms. The molecule has 6 heteroatoms. The summed E-state index contributed by atoms with van der Waals surface area (Å²) in [5, 5.41) is 17.0. The van der Waals surface area contributed by atoms with Gasteiger partial charge in [-0.1, -0.05) is 0 Å². The van der Waals surface area contributed by atoms with E-state index in [0.29, 0.717) is 6.42 Å². The van der Waals surface area contributed by atoms with Crippen LogP contribution in [0.25, 0.3) is 0 Å². The van der Waals surface area contributed by atoms with Crippen molar-refractivity contribution in [2.45, 2.75) is 25.4 Å². The van der Waals surface area contributed by atoms with Crippen molar-refractivity contribution in [3.05, 3.63) is 0 Å². The second kappa shape index (κ2) is 8.19. The van der Waals surface area contributed by atoms with Crippen molar-refractivity contribution in [1.29, 1.82) is 0 Å². The van der Waals surface area contributed by atoms with E-state index in [9.17, 15) is 9.59 Å². The van der Waals surface area contributed by atoms with Crippen LogP contribution in [0.15, 0.2) is 0 Å². The number of hydrogen-bond donors (Lipinski definition) is 2. The Bertz CT molecular complexity index is 203. The molecule has 0 aliphatic rings. The number of carbonyl (C=O) groups excluding carboxylic acids is 1. The van der Waals surface area contributed by atoms with E-state index in [4.69, 9.17) is 14.9 Å². The molecule has 1 unspecified atom stereocenters. The molecule has 0 aromatic rings. The third-order valence-corrected chi connectivity index (χ3v) is 1.71. The molecular formula is C9H16O6. The van der Waals surface area contributed by atoms with Crippen molar-refractivity contribution in [2.24, 2.45) is 0 Å². The van der Waals surface area contributed by atoms with Gasteiger partial charge in [0.1, 0.15) is 0 Å². The second-order valence-corrected chi connectivity index (χ2v) is 2.89. The molecule has 6 nitrogen and oxygen atoms in total. The highest BCUT2D eigenvalue weighted by atomic mass is 16.6. The topological polar surface area (TPSA) is 93.1 Å². The van der Waals surface area contributed by atoms with Gasteiger partial charge in [-0.2, -0.15) is 0 Å². The van der Waals surface area contributed by atoms with Crippen LogP contribution >= 0.6 is 0 Å². The second-order valence-electron chi connectivity index (χ2n) is 2.89. The summed E-state index contributed by atoms with van der Waals surface area (Å²) in [6, 6.07) is 0. The molecule has 0 aliphatic heterocycles. The number of aliphatic hydroxyl groups excluding tert-OH is 1. The molecule has 0 saturated heterocycles. The lowest BCUT2D eigenvalue weighted by atomic mass is 10.2. The van der Waals surface area contributed by atoms with E-state index in [1.54, 1.807) is 0 Å². The number of rotatable bonds is 8. The lowest BCUT2D eigenvalue weighted by Crippen LogP contribution is -2.27. The summed E-state index contributed by atoms with van der Waals surface area (Å²) in [6.45, 7) is -0.0231. The number of carboxylic acids is 1. The highest BCUT2D eigenvalue weighted by Crippen LogP contribution is 2.02. The molecule has 0 bridgehead atoms. The largest absolute Gasteiger partial charge is 0.481 e. The van der Waals surface area contributed by atoms with Gasteiger partial charge in [-0.15, -0.1) is 0 Å². The van der Waals surface area contributed by atoms with Crippen molar-refractivity contribution in [3.8, 4) is 0 Å². The van der Waals surface area contributed by atoms with E-state index >= 15 is 0 Å². The van der Waals surface area contributed by atoms with Crippen LogP contribution in [-0.2, 0) is 19.1 Å². The molecule has 0 aromatic carbocycles. The van der Waals surface area contributed by atoms with Crippen LogP contribution in [0.2, 0.25) is 0 Å². The Morgan fingerprint density at radius 3 is 2.53 bits per heavy atom. The zero-order chi connectivity index (χ0) is 11.7. The van der Waals surface area contributed by atoms with Crippen molar-refractivity contribution in [1.82, 2.24) is 0 Å². The van der Waals surface area contributed by atoms with Crippen LogP contribution in [0.4, 0.5) is 0 Å². The maximum atomic E-state index is 11.1. The van der Waals surface area contributed by atoms with E-state index in [1.165, 1.54) is 7.11 Å². The van der Waals surface area contributed by atoms with E-state index < -0.39 is 18.0 Å². The first-order valence-electron chi connectivity index (χ1n) is 4.64. The minimum atomic E-state index is -0.907. The van der Waals surface area contributed by atoms with Crippen LogP contribution in [0.1, 0.15) is 19.3 Å². The molecule has 1 atom stereocenters. The van der Waals surface area contributed by atoms with Crippen LogP contribution in [0, 0.1) is 0 Å². The number of carboxylic acid groups (broad SMARTS) is 1. The summed E-state index contributed by atoms with van der Waals surface area (Å²) in [5.74, 6) is -1.46. The van der Waals surface area contributed by atoms with Gasteiger partial charge in [0.15, 0.2) is 6.10 Å². The summed E-state index contributed by atoms with van der Waals surface area (Å²) in [5.41, 5.74) is 0. The van der Waals surface area contributed by atoms with Gasteiger partial charge in [0.25, 0.3) is 0 Å². The van der Waals surface area contributed by atoms with Crippen molar-refractivity contribution < 1.29 is 29.3 Å². The van der Waals surface area contributed by atoms with Gasteiger partial charge in [-0.05, 0) is 6.42 Å². The van der Waals surface area contributed by atoms with Gasteiger partial charge >= 0.3 is 11.9 Å². The first-order valence-corrected chi connectivity index (χ1v) is 4.64. The van der Waals surface area contributed by atoms with Gasteiger partial charge in [0.05, 0.1) is 7.11 Å². The van der Waals surface area contributed by atoms with Crippen molar-refractivity contribution in [3.63, 3.8) is 0 Å². The van der Waals surface area contributed by atoms with Crippen LogP contribution in [0.3, 0.4) is 0 Å². The monoisotopic (exact) mass is 220 g/mol. The molecule has 0 aliphatic carbocycles. The van der Waals surface area contributed by atoms with E-state index in [1.807, 2.05) is 0 Å². The van der Waals surface area contributed by atoms with E-state index in [2.05, 4.69) is 4.74 Å². The number of ether oxygens (including phenoxy) is 2. The highest BCUT2D eigenvalue weighted by molar-refractivity contribution is 5.74. The Hall–Kier alpha value is -1.14. The van der Waals surface area contributed by atoms with Crippen LogP contribution in [-0.4, -0.2) is 48.6 Å². The maximum Gasteiger partial charge on any atom is 0.335 e. The van der Waals surface area contributed by atoms with Crippen LogP contribution < -0.4 is 0 Å². The van der Waals surface area contributed by atoms with E-state index in [-0.39, 0.29) is 26.1 Å². The van der Waals surface area contributed by atoms with Gasteiger partial charge in [-0.3, -0.25) is 4.79 Å². The summed E-state index contributed by atoms with van der Waals surface area (Å²) in [7, 11) is 1.23. The quantitative estimate of drug-likeness (QED) is 0.434. The normalized spacial score (nSPS) is 12.1. The molecule has 0 saturated carbocycles. The minimum Gasteiger partial charge on any atom is -0.481 e. The number of aliphatic carboxylic acids is 1. The third kappa shape index (κ3) is 6.87. The van der Waals surface area contributed by atoms with E-state index in [0.717, 1.165) is 0 Å². The molecule has 0 aromatic heterocycles. The fraction of sp³-hybridized carbons (Fsp3) is 0.778. The van der Waals surface area contributed by atoms with Gasteiger partial charge < -0.3 is 19.7 Å². The number of esters is 1. The molecule has 0 amide bonds. The molecule has 2 N–H and O–H groups in total. The van der Waals surface area contributed by atoms with Crippen molar-refractivity contribution >= 4 is 11.9 Å². The number of carbonyl (C=O) groups is 2. The van der Waals surface area contributed by atoms with Crippen molar-refractivity contribution in [2.75, 3.05) is 20.3 Å². The molecule has 0 spiro atoms. The Labute approximate surface area is 87.8 Å². The average molecular weight is 220 g/mol. The lowest BCUT2D eigenvalue weighted by molar-refractivity contribution is -0.155. The predicted octanol–water partition coefficient (Wildman–Crippen LogP) is -0.208. The Balaban J connectivity index is 3.75. The first-order chi connectivity index (χ1) is 7.11.